The third kappa shape index (κ3) is 3.39. The summed E-state index contributed by atoms with van der Waals surface area (Å²) in [7, 11) is 0. The molecule has 0 saturated carbocycles. The molecule has 1 aliphatic rings. The maximum atomic E-state index is 14.3. The van der Waals surface area contributed by atoms with Crippen LogP contribution in [0.2, 0.25) is 0 Å². The number of hydrogen-bond donors (Lipinski definition) is 2. The molecule has 0 aliphatic carbocycles. The standard InChI is InChI=1S/C18H19BrFN3O3/c1-3-26-22-17(24)15-14-5-4-8-23(14)18(25)10(2)16(15)21-13-7-6-11(19)9-12(13)20/h6-7,9,21H,3-5,8H2,1-2H3,(H,22,24). The molecule has 1 aromatic heterocycles. The van der Waals surface area contributed by atoms with Crippen LogP contribution in [0.15, 0.2) is 27.5 Å². The highest BCUT2D eigenvalue weighted by Crippen LogP contribution is 2.31. The highest BCUT2D eigenvalue weighted by molar-refractivity contribution is 9.10. The quantitative estimate of drug-likeness (QED) is 0.722. The second-order valence-corrected chi connectivity index (χ2v) is 6.91. The van der Waals surface area contributed by atoms with E-state index in [2.05, 4.69) is 26.7 Å². The Kier molecular flexibility index (Phi) is 5.43. The Hall–Kier alpha value is -2.19. The number of rotatable bonds is 5. The van der Waals surface area contributed by atoms with Gasteiger partial charge < -0.3 is 9.88 Å². The molecule has 3 rings (SSSR count). The summed E-state index contributed by atoms with van der Waals surface area (Å²) < 4.78 is 16.5. The summed E-state index contributed by atoms with van der Waals surface area (Å²) in [5.41, 5.74) is 4.01. The molecule has 8 heteroatoms. The Morgan fingerprint density at radius 3 is 2.88 bits per heavy atom. The van der Waals surface area contributed by atoms with E-state index in [4.69, 9.17) is 4.84 Å². The average molecular weight is 424 g/mol. The van der Waals surface area contributed by atoms with Crippen molar-refractivity contribution in [1.29, 1.82) is 0 Å². The van der Waals surface area contributed by atoms with Crippen molar-refractivity contribution in [2.75, 3.05) is 11.9 Å². The maximum absolute atomic E-state index is 14.3. The van der Waals surface area contributed by atoms with Gasteiger partial charge in [-0.05, 0) is 44.9 Å². The Balaban J connectivity index is 2.15. The first-order valence-electron chi connectivity index (χ1n) is 8.34. The molecule has 0 bridgehead atoms. The lowest BCUT2D eigenvalue weighted by Gasteiger charge is -2.19. The lowest BCUT2D eigenvalue weighted by Crippen LogP contribution is -2.31. The highest BCUT2D eigenvalue weighted by atomic mass is 79.9. The van der Waals surface area contributed by atoms with Crippen LogP contribution < -0.4 is 16.4 Å². The van der Waals surface area contributed by atoms with E-state index in [1.54, 1.807) is 30.5 Å². The Bertz CT molecular complexity index is 927. The fraction of sp³-hybridized carbons (Fsp3) is 0.333. The molecule has 6 nitrogen and oxygen atoms in total. The SMILES string of the molecule is CCONC(=O)c1c(Nc2ccc(Br)cc2F)c(C)c(=O)n2c1CCC2. The van der Waals surface area contributed by atoms with Gasteiger partial charge in [-0.15, -0.1) is 0 Å². The summed E-state index contributed by atoms with van der Waals surface area (Å²) in [6, 6.07) is 4.55. The van der Waals surface area contributed by atoms with Crippen molar-refractivity contribution in [2.45, 2.75) is 33.2 Å². The minimum atomic E-state index is -0.490. The molecule has 26 heavy (non-hydrogen) atoms. The third-order valence-corrected chi connectivity index (χ3v) is 4.82. The van der Waals surface area contributed by atoms with Gasteiger partial charge in [-0.25, -0.2) is 9.87 Å². The van der Waals surface area contributed by atoms with Crippen LogP contribution in [-0.4, -0.2) is 17.1 Å². The zero-order chi connectivity index (χ0) is 18.8. The van der Waals surface area contributed by atoms with Crippen LogP contribution in [0, 0.1) is 12.7 Å². The average Bonchev–Trinajstić information content (AvgIpc) is 3.09. The lowest BCUT2D eigenvalue weighted by molar-refractivity contribution is 0.0364. The number of fused-ring (bicyclic) bond motifs is 1. The zero-order valence-electron chi connectivity index (χ0n) is 14.5. The minimum absolute atomic E-state index is 0.175. The monoisotopic (exact) mass is 423 g/mol. The Morgan fingerprint density at radius 1 is 1.42 bits per heavy atom. The van der Waals surface area contributed by atoms with Crippen molar-refractivity contribution in [3.05, 3.63) is 55.7 Å². The number of carbonyl (C=O) groups excluding carboxylic acids is 1. The summed E-state index contributed by atoms with van der Waals surface area (Å²) in [6.07, 6.45) is 1.38. The predicted octanol–water partition coefficient (Wildman–Crippen LogP) is 3.43. The van der Waals surface area contributed by atoms with E-state index in [-0.39, 0.29) is 11.2 Å². The molecule has 1 aromatic carbocycles. The fourth-order valence-corrected chi connectivity index (χ4v) is 3.45. The van der Waals surface area contributed by atoms with E-state index in [9.17, 15) is 14.0 Å². The first-order chi connectivity index (χ1) is 12.4. The second kappa shape index (κ2) is 7.59. The molecular weight excluding hydrogens is 405 g/mol. The number of nitrogens with zero attached hydrogens (tertiary/aromatic N) is 1. The number of nitrogens with one attached hydrogen (secondary N) is 2. The number of pyridine rings is 1. The highest BCUT2D eigenvalue weighted by Gasteiger charge is 2.27. The molecule has 2 heterocycles. The number of hydroxylamine groups is 1. The van der Waals surface area contributed by atoms with Crippen molar-refractivity contribution in [2.24, 2.45) is 0 Å². The summed E-state index contributed by atoms with van der Waals surface area (Å²) in [4.78, 5) is 30.4. The molecule has 0 spiro atoms. The lowest BCUT2D eigenvalue weighted by atomic mass is 10.0. The molecular formula is C18H19BrFN3O3. The Labute approximate surface area is 158 Å². The fourth-order valence-electron chi connectivity index (χ4n) is 3.11. The number of anilines is 2. The van der Waals surface area contributed by atoms with Gasteiger partial charge in [-0.1, -0.05) is 15.9 Å². The summed E-state index contributed by atoms with van der Waals surface area (Å²) >= 11 is 3.21. The molecule has 0 radical (unpaired) electrons. The van der Waals surface area contributed by atoms with Crippen LogP contribution in [0.5, 0.6) is 0 Å². The van der Waals surface area contributed by atoms with E-state index < -0.39 is 11.7 Å². The summed E-state index contributed by atoms with van der Waals surface area (Å²) in [5, 5.41) is 2.94. The molecule has 138 valence electrons. The van der Waals surface area contributed by atoms with Crippen LogP contribution in [0.1, 0.15) is 35.0 Å². The van der Waals surface area contributed by atoms with Gasteiger partial charge in [0.1, 0.15) is 5.82 Å². The van der Waals surface area contributed by atoms with Gasteiger partial charge >= 0.3 is 0 Å². The van der Waals surface area contributed by atoms with E-state index in [1.807, 2.05) is 0 Å². The minimum Gasteiger partial charge on any atom is -0.352 e. The number of amides is 1. The zero-order valence-corrected chi connectivity index (χ0v) is 16.1. The van der Waals surface area contributed by atoms with Gasteiger partial charge in [0.15, 0.2) is 0 Å². The number of halogens is 2. The van der Waals surface area contributed by atoms with E-state index in [1.165, 1.54) is 6.07 Å². The van der Waals surface area contributed by atoms with Crippen molar-refractivity contribution in [3.8, 4) is 0 Å². The molecule has 2 aromatic rings. The number of benzene rings is 1. The number of hydrogen-bond acceptors (Lipinski definition) is 4. The van der Waals surface area contributed by atoms with Crippen LogP contribution in [0.25, 0.3) is 0 Å². The van der Waals surface area contributed by atoms with Crippen molar-refractivity contribution in [3.63, 3.8) is 0 Å². The normalized spacial score (nSPS) is 12.8. The van der Waals surface area contributed by atoms with Crippen molar-refractivity contribution < 1.29 is 14.0 Å². The smallest absolute Gasteiger partial charge is 0.278 e. The van der Waals surface area contributed by atoms with Gasteiger partial charge in [-0.2, -0.15) is 0 Å². The second-order valence-electron chi connectivity index (χ2n) is 6.00. The molecule has 0 atom stereocenters. The van der Waals surface area contributed by atoms with Crippen LogP contribution >= 0.6 is 15.9 Å². The first kappa shape index (κ1) is 18.6. The molecule has 0 fully saturated rings. The van der Waals surface area contributed by atoms with Crippen molar-refractivity contribution in [1.82, 2.24) is 10.0 Å². The van der Waals surface area contributed by atoms with E-state index >= 15 is 0 Å². The van der Waals surface area contributed by atoms with Crippen LogP contribution in [-0.2, 0) is 17.8 Å². The molecule has 1 amide bonds. The van der Waals surface area contributed by atoms with Crippen molar-refractivity contribution >= 4 is 33.2 Å². The topological polar surface area (TPSA) is 72.4 Å². The molecule has 0 saturated heterocycles. The van der Waals surface area contributed by atoms with Gasteiger partial charge in [0.25, 0.3) is 11.5 Å². The summed E-state index contributed by atoms with van der Waals surface area (Å²) in [5.74, 6) is -0.948. The predicted molar refractivity (Wildman–Crippen MR) is 100 cm³/mol. The van der Waals surface area contributed by atoms with Gasteiger partial charge in [0, 0.05) is 22.3 Å². The number of carbonyl (C=O) groups is 1. The number of aromatic nitrogens is 1. The van der Waals surface area contributed by atoms with Gasteiger partial charge in [0.05, 0.1) is 23.5 Å². The van der Waals surface area contributed by atoms with E-state index in [0.717, 1.165) is 6.42 Å². The van der Waals surface area contributed by atoms with Crippen LogP contribution in [0.4, 0.5) is 15.8 Å². The Morgan fingerprint density at radius 2 is 2.19 bits per heavy atom. The molecule has 0 unspecified atom stereocenters. The largest absolute Gasteiger partial charge is 0.352 e. The third-order valence-electron chi connectivity index (χ3n) is 4.33. The first-order valence-corrected chi connectivity index (χ1v) is 9.13. The maximum Gasteiger partial charge on any atom is 0.278 e. The van der Waals surface area contributed by atoms with Crippen LogP contribution in [0.3, 0.4) is 0 Å². The summed E-state index contributed by atoms with van der Waals surface area (Å²) in [6.45, 7) is 4.26. The molecule has 2 N–H and O–H groups in total. The van der Waals surface area contributed by atoms with Gasteiger partial charge in [-0.3, -0.25) is 14.4 Å². The van der Waals surface area contributed by atoms with E-state index in [0.29, 0.717) is 46.6 Å². The van der Waals surface area contributed by atoms with Gasteiger partial charge in [0.2, 0.25) is 0 Å². The molecule has 1 aliphatic heterocycles.